The topological polar surface area (TPSA) is 95.5 Å². The van der Waals surface area contributed by atoms with Gasteiger partial charge in [0.1, 0.15) is 17.9 Å². The van der Waals surface area contributed by atoms with E-state index in [0.717, 1.165) is 5.75 Å². The number of likely N-dealkylation sites (N-methyl/N-ethyl adjacent to an activating group) is 1. The molecule has 30 heavy (non-hydrogen) atoms. The van der Waals surface area contributed by atoms with Gasteiger partial charge >= 0.3 is 6.09 Å². The Balaban J connectivity index is 2.92. The molecule has 1 saturated heterocycles. The minimum absolute atomic E-state index is 0.0413. The maximum absolute atomic E-state index is 12.9. The summed E-state index contributed by atoms with van der Waals surface area (Å²) in [7, 11) is 3.40. The summed E-state index contributed by atoms with van der Waals surface area (Å²) in [5, 5.41) is 6.49. The van der Waals surface area contributed by atoms with Gasteiger partial charge in [0.05, 0.1) is 12.1 Å². The molecule has 1 heterocycles. The molecule has 1 aliphatic heterocycles. The van der Waals surface area contributed by atoms with Crippen molar-refractivity contribution in [2.75, 3.05) is 45.7 Å². The molecule has 174 valence electrons. The lowest BCUT2D eigenvalue weighted by Crippen LogP contribution is -2.54. The summed E-state index contributed by atoms with van der Waals surface area (Å²) in [5.41, 5.74) is -1.39. The monoisotopic (exact) mass is 445 g/mol. The Morgan fingerprint density at radius 1 is 1.27 bits per heavy atom. The smallest absolute Gasteiger partial charge is 0.412 e. The molecule has 1 fully saturated rings. The molecule has 0 radical (unpaired) electrons. The molecule has 0 aromatic carbocycles. The molecule has 2 N–H and O–H groups in total. The predicted molar refractivity (Wildman–Crippen MR) is 122 cm³/mol. The van der Waals surface area contributed by atoms with Gasteiger partial charge in [0.25, 0.3) is 0 Å². The number of thioether (sulfide) groups is 1. The van der Waals surface area contributed by atoms with Crippen LogP contribution in [-0.4, -0.2) is 97.0 Å². The van der Waals surface area contributed by atoms with Crippen molar-refractivity contribution >= 4 is 29.7 Å². The van der Waals surface area contributed by atoms with E-state index < -0.39 is 17.4 Å². The number of nitrogens with one attached hydrogen (secondary N) is 2. The third-order valence-electron chi connectivity index (χ3n) is 4.47. The van der Waals surface area contributed by atoms with E-state index in [1.54, 1.807) is 30.8 Å². The minimum Gasteiger partial charge on any atom is -0.444 e. The highest BCUT2D eigenvalue weighted by Gasteiger charge is 2.49. The van der Waals surface area contributed by atoms with E-state index in [-0.39, 0.29) is 24.6 Å². The summed E-state index contributed by atoms with van der Waals surface area (Å²) in [6, 6.07) is -0.257. The van der Waals surface area contributed by atoms with Gasteiger partial charge in [-0.1, -0.05) is 0 Å². The summed E-state index contributed by atoms with van der Waals surface area (Å²) < 4.78 is 11.6. The van der Waals surface area contributed by atoms with Gasteiger partial charge in [0.15, 0.2) is 5.96 Å². The zero-order chi connectivity index (χ0) is 23.1. The molecule has 1 rings (SSSR count). The van der Waals surface area contributed by atoms with Crippen LogP contribution in [0.2, 0.25) is 0 Å². The fourth-order valence-electron chi connectivity index (χ4n) is 3.06. The molecular formula is C20H39N5O4S. The lowest BCUT2D eigenvalue weighted by atomic mass is 10.1. The van der Waals surface area contributed by atoms with Crippen molar-refractivity contribution in [3.63, 3.8) is 0 Å². The largest absolute Gasteiger partial charge is 0.444 e. The number of aliphatic imine (C=N–C) groups is 1. The van der Waals surface area contributed by atoms with Crippen LogP contribution in [-0.2, 0) is 14.3 Å². The van der Waals surface area contributed by atoms with Crippen molar-refractivity contribution in [3.05, 3.63) is 0 Å². The number of hydrogen-bond acceptors (Lipinski definition) is 6. The Labute approximate surface area is 185 Å². The molecule has 0 aromatic rings. The van der Waals surface area contributed by atoms with Gasteiger partial charge in [-0.05, 0) is 47.8 Å². The van der Waals surface area contributed by atoms with Crippen LogP contribution < -0.4 is 10.6 Å². The van der Waals surface area contributed by atoms with Crippen molar-refractivity contribution in [1.82, 2.24) is 20.4 Å². The quantitative estimate of drug-likeness (QED) is 0.350. The number of guanidine groups is 1. The van der Waals surface area contributed by atoms with Gasteiger partial charge in [-0.25, -0.2) is 9.79 Å². The zero-order valence-electron chi connectivity index (χ0n) is 19.9. The van der Waals surface area contributed by atoms with E-state index in [2.05, 4.69) is 15.6 Å². The van der Waals surface area contributed by atoms with Crippen LogP contribution in [0.25, 0.3) is 0 Å². The average Bonchev–Trinajstić information content (AvgIpc) is 2.82. The van der Waals surface area contributed by atoms with E-state index in [1.165, 1.54) is 4.90 Å². The number of hydrogen-bond donors (Lipinski definition) is 2. The molecule has 2 atom stereocenters. The van der Waals surface area contributed by atoms with E-state index in [9.17, 15) is 9.59 Å². The number of amides is 2. The summed E-state index contributed by atoms with van der Waals surface area (Å²) in [6.07, 6.45) is 1.41. The van der Waals surface area contributed by atoms with E-state index in [1.807, 2.05) is 47.8 Å². The lowest BCUT2D eigenvalue weighted by molar-refractivity contribution is -0.127. The molecule has 2 unspecified atom stereocenters. The van der Waals surface area contributed by atoms with Crippen molar-refractivity contribution in [2.45, 2.75) is 65.0 Å². The molecule has 9 nitrogen and oxygen atoms in total. The fraction of sp³-hybridized carbons (Fsp3) is 0.850. The van der Waals surface area contributed by atoms with Crippen molar-refractivity contribution in [3.8, 4) is 0 Å². The second-order valence-corrected chi connectivity index (χ2v) is 9.93. The number of ether oxygens (including phenoxy) is 2. The molecule has 0 spiro atoms. The number of rotatable bonds is 7. The number of carbonyl (C=O) groups is 2. The van der Waals surface area contributed by atoms with Gasteiger partial charge in [-0.2, -0.15) is 11.8 Å². The van der Waals surface area contributed by atoms with Crippen molar-refractivity contribution in [2.24, 2.45) is 4.99 Å². The van der Waals surface area contributed by atoms with Gasteiger partial charge < -0.3 is 25.0 Å². The first-order valence-corrected chi connectivity index (χ1v) is 11.6. The first-order valence-electron chi connectivity index (χ1n) is 10.2. The molecule has 0 aliphatic carbocycles. The van der Waals surface area contributed by atoms with E-state index >= 15 is 0 Å². The standard InChI is InChI=1S/C20H39N5O4S/c1-14-15(25(20(5,6)28-14)18(27)29-19(2,3)4)12-22-17(21-10-11-30-9)23-13-16(26)24(7)8/h14-15H,10-13H2,1-9H3,(H2,21,22,23). The van der Waals surface area contributed by atoms with Crippen LogP contribution in [0.15, 0.2) is 4.99 Å². The predicted octanol–water partition coefficient (Wildman–Crippen LogP) is 1.73. The van der Waals surface area contributed by atoms with Crippen LogP contribution >= 0.6 is 11.8 Å². The molecule has 0 bridgehead atoms. The molecule has 1 aliphatic rings. The number of nitrogens with zero attached hydrogens (tertiary/aromatic N) is 3. The van der Waals surface area contributed by atoms with Crippen molar-refractivity contribution in [1.29, 1.82) is 0 Å². The highest BCUT2D eigenvalue weighted by atomic mass is 32.2. The maximum Gasteiger partial charge on any atom is 0.412 e. The van der Waals surface area contributed by atoms with Gasteiger partial charge in [0, 0.05) is 32.9 Å². The minimum atomic E-state index is -0.793. The first kappa shape index (κ1) is 26.4. The highest BCUT2D eigenvalue weighted by Crippen LogP contribution is 2.33. The van der Waals surface area contributed by atoms with E-state index in [4.69, 9.17) is 9.47 Å². The molecule has 0 aromatic heterocycles. The molecule has 10 heteroatoms. The summed E-state index contributed by atoms with van der Waals surface area (Å²) in [5.74, 6) is 1.35. The SMILES string of the molecule is CSCCNC(=NCC(=O)N(C)C)NCC1C(C)OC(C)(C)N1C(=O)OC(C)(C)C. The molecular weight excluding hydrogens is 406 g/mol. The molecule has 0 saturated carbocycles. The summed E-state index contributed by atoms with van der Waals surface area (Å²) in [6.45, 7) is 12.3. The summed E-state index contributed by atoms with van der Waals surface area (Å²) >= 11 is 1.72. The Morgan fingerprint density at radius 2 is 1.90 bits per heavy atom. The van der Waals surface area contributed by atoms with Gasteiger partial charge in [-0.3, -0.25) is 9.69 Å². The second-order valence-electron chi connectivity index (χ2n) is 8.94. The second kappa shape index (κ2) is 11.1. The Kier molecular flexibility index (Phi) is 9.74. The molecule has 2 amide bonds. The lowest BCUT2D eigenvalue weighted by Gasteiger charge is -2.35. The van der Waals surface area contributed by atoms with E-state index in [0.29, 0.717) is 19.0 Å². The van der Waals surface area contributed by atoms with Crippen LogP contribution in [0.3, 0.4) is 0 Å². The normalized spacial score (nSPS) is 21.4. The van der Waals surface area contributed by atoms with Crippen LogP contribution in [0.5, 0.6) is 0 Å². The fourth-order valence-corrected chi connectivity index (χ4v) is 3.36. The van der Waals surface area contributed by atoms with Gasteiger partial charge in [0.2, 0.25) is 5.91 Å². The zero-order valence-corrected chi connectivity index (χ0v) is 20.7. The van der Waals surface area contributed by atoms with Crippen LogP contribution in [0.1, 0.15) is 41.5 Å². The van der Waals surface area contributed by atoms with Crippen molar-refractivity contribution < 1.29 is 19.1 Å². The Morgan fingerprint density at radius 3 is 2.43 bits per heavy atom. The third kappa shape index (κ3) is 8.22. The Bertz CT molecular complexity index is 619. The van der Waals surface area contributed by atoms with Gasteiger partial charge in [-0.15, -0.1) is 0 Å². The maximum atomic E-state index is 12.9. The Hall–Kier alpha value is -1.68. The summed E-state index contributed by atoms with van der Waals surface area (Å²) in [4.78, 5) is 32.3. The van der Waals surface area contributed by atoms with Crippen LogP contribution in [0.4, 0.5) is 4.79 Å². The van der Waals surface area contributed by atoms with Crippen LogP contribution in [0, 0.1) is 0 Å². The average molecular weight is 446 g/mol. The highest BCUT2D eigenvalue weighted by molar-refractivity contribution is 7.98. The third-order valence-corrected chi connectivity index (χ3v) is 5.08. The number of carbonyl (C=O) groups excluding carboxylic acids is 2. The first-order chi connectivity index (χ1) is 13.8.